The van der Waals surface area contributed by atoms with Gasteiger partial charge in [-0.05, 0) is 37.8 Å². The summed E-state index contributed by atoms with van der Waals surface area (Å²) in [6.45, 7) is 0. The quantitative estimate of drug-likeness (QED) is 0.748. The second kappa shape index (κ2) is 4.96. The van der Waals surface area contributed by atoms with Crippen molar-refractivity contribution in [3.05, 3.63) is 42.0 Å². The van der Waals surface area contributed by atoms with E-state index in [9.17, 15) is 4.79 Å². The largest absolute Gasteiger partial charge is 0.333 e. The van der Waals surface area contributed by atoms with E-state index >= 15 is 0 Å². The molecule has 0 fully saturated rings. The SMILES string of the molecule is O=C(Nc1nc2ccccc2s1)n1cnc2c1CCCC2. The number of nitrogens with zero attached hydrogens (tertiary/aromatic N) is 3. The summed E-state index contributed by atoms with van der Waals surface area (Å²) >= 11 is 1.48. The van der Waals surface area contributed by atoms with Crippen LogP contribution < -0.4 is 5.32 Å². The number of nitrogens with one attached hydrogen (secondary N) is 1. The van der Waals surface area contributed by atoms with Crippen molar-refractivity contribution in [2.45, 2.75) is 25.7 Å². The summed E-state index contributed by atoms with van der Waals surface area (Å²) in [6.07, 6.45) is 5.79. The summed E-state index contributed by atoms with van der Waals surface area (Å²) in [4.78, 5) is 21.2. The number of para-hydroxylation sites is 1. The molecule has 1 aliphatic rings. The van der Waals surface area contributed by atoms with E-state index in [-0.39, 0.29) is 6.03 Å². The van der Waals surface area contributed by atoms with E-state index in [1.807, 2.05) is 24.3 Å². The molecule has 21 heavy (non-hydrogen) atoms. The Morgan fingerprint density at radius 3 is 3.00 bits per heavy atom. The first-order valence-electron chi connectivity index (χ1n) is 7.03. The molecule has 0 bridgehead atoms. The predicted molar refractivity (Wildman–Crippen MR) is 82.9 cm³/mol. The van der Waals surface area contributed by atoms with Gasteiger partial charge in [0.1, 0.15) is 6.33 Å². The first-order chi connectivity index (χ1) is 10.3. The molecule has 0 spiro atoms. The van der Waals surface area contributed by atoms with Gasteiger partial charge in [0.05, 0.1) is 21.6 Å². The average Bonchev–Trinajstić information content (AvgIpc) is 3.10. The summed E-state index contributed by atoms with van der Waals surface area (Å²) in [6, 6.07) is 7.69. The van der Waals surface area contributed by atoms with E-state index in [0.29, 0.717) is 5.13 Å². The number of carbonyl (C=O) groups excluding carboxylic acids is 1. The molecule has 0 radical (unpaired) electrons. The minimum Gasteiger partial charge on any atom is -0.283 e. The van der Waals surface area contributed by atoms with Crippen molar-refractivity contribution in [2.75, 3.05) is 5.32 Å². The number of aryl methyl sites for hydroxylation is 1. The zero-order chi connectivity index (χ0) is 14.2. The Morgan fingerprint density at radius 1 is 1.24 bits per heavy atom. The summed E-state index contributed by atoms with van der Waals surface area (Å²) in [5, 5.41) is 3.50. The molecule has 5 nitrogen and oxygen atoms in total. The Balaban J connectivity index is 1.62. The van der Waals surface area contributed by atoms with Gasteiger partial charge in [-0.15, -0.1) is 0 Å². The zero-order valence-electron chi connectivity index (χ0n) is 11.4. The standard InChI is InChI=1S/C15H14N4OS/c20-15(19-9-16-10-5-1-3-7-12(10)19)18-14-17-11-6-2-4-8-13(11)21-14/h2,4,6,8-9H,1,3,5,7H2,(H,17,18,20). The number of benzene rings is 1. The molecule has 1 N–H and O–H groups in total. The van der Waals surface area contributed by atoms with Crippen LogP contribution in [0.5, 0.6) is 0 Å². The lowest BCUT2D eigenvalue weighted by molar-refractivity contribution is 0.252. The van der Waals surface area contributed by atoms with Crippen LogP contribution in [0, 0.1) is 0 Å². The molecule has 4 rings (SSSR count). The van der Waals surface area contributed by atoms with Gasteiger partial charge >= 0.3 is 6.03 Å². The molecular formula is C15H14N4OS. The van der Waals surface area contributed by atoms with Crippen LogP contribution >= 0.6 is 11.3 Å². The van der Waals surface area contributed by atoms with Gasteiger partial charge in [-0.2, -0.15) is 0 Å². The van der Waals surface area contributed by atoms with Gasteiger partial charge in [0.2, 0.25) is 0 Å². The van der Waals surface area contributed by atoms with Crippen LogP contribution in [0.3, 0.4) is 0 Å². The number of hydrogen-bond acceptors (Lipinski definition) is 4. The number of carbonyl (C=O) groups is 1. The molecule has 0 unspecified atom stereocenters. The fourth-order valence-electron chi connectivity index (χ4n) is 2.72. The van der Waals surface area contributed by atoms with Crippen LogP contribution in [0.15, 0.2) is 30.6 Å². The molecule has 0 saturated heterocycles. The van der Waals surface area contributed by atoms with Crippen LogP contribution in [0.2, 0.25) is 0 Å². The Kier molecular flexibility index (Phi) is 2.96. The van der Waals surface area contributed by atoms with Crippen molar-refractivity contribution < 1.29 is 4.79 Å². The van der Waals surface area contributed by atoms with E-state index < -0.39 is 0 Å². The average molecular weight is 298 g/mol. The van der Waals surface area contributed by atoms with E-state index in [1.165, 1.54) is 11.3 Å². The number of fused-ring (bicyclic) bond motifs is 2. The first-order valence-corrected chi connectivity index (χ1v) is 7.85. The van der Waals surface area contributed by atoms with E-state index in [2.05, 4.69) is 15.3 Å². The van der Waals surface area contributed by atoms with E-state index in [4.69, 9.17) is 0 Å². The Hall–Kier alpha value is -2.21. The number of anilines is 1. The lowest BCUT2D eigenvalue weighted by Crippen LogP contribution is -2.21. The van der Waals surface area contributed by atoms with E-state index in [1.54, 1.807) is 10.9 Å². The number of amides is 1. The Bertz CT molecular complexity index is 787. The van der Waals surface area contributed by atoms with Crippen LogP contribution in [-0.2, 0) is 12.8 Å². The smallest absolute Gasteiger partial charge is 0.283 e. The van der Waals surface area contributed by atoms with Gasteiger partial charge in [0.15, 0.2) is 5.13 Å². The molecule has 106 valence electrons. The van der Waals surface area contributed by atoms with Crippen molar-refractivity contribution in [1.29, 1.82) is 0 Å². The number of thiazole rings is 1. The minimum atomic E-state index is -0.176. The third-order valence-corrected chi connectivity index (χ3v) is 4.71. The third kappa shape index (κ3) is 2.21. The van der Waals surface area contributed by atoms with Crippen molar-refractivity contribution in [1.82, 2.24) is 14.5 Å². The maximum absolute atomic E-state index is 12.4. The molecular weight excluding hydrogens is 284 g/mol. The van der Waals surface area contributed by atoms with Crippen LogP contribution in [-0.4, -0.2) is 20.6 Å². The normalized spacial score (nSPS) is 14.1. The van der Waals surface area contributed by atoms with Crippen molar-refractivity contribution >= 4 is 32.7 Å². The van der Waals surface area contributed by atoms with Gasteiger partial charge in [0, 0.05) is 0 Å². The molecule has 0 aliphatic heterocycles. The molecule has 2 heterocycles. The highest BCUT2D eigenvalue weighted by atomic mass is 32.1. The lowest BCUT2D eigenvalue weighted by atomic mass is 10.0. The summed E-state index contributed by atoms with van der Waals surface area (Å²) < 4.78 is 2.70. The molecule has 2 aromatic heterocycles. The van der Waals surface area contributed by atoms with E-state index in [0.717, 1.165) is 47.3 Å². The highest BCUT2D eigenvalue weighted by Crippen LogP contribution is 2.26. The molecule has 1 aliphatic carbocycles. The number of aromatic nitrogens is 3. The maximum atomic E-state index is 12.4. The second-order valence-corrected chi connectivity index (χ2v) is 6.16. The van der Waals surface area contributed by atoms with Gasteiger partial charge in [-0.25, -0.2) is 14.8 Å². The van der Waals surface area contributed by atoms with Crippen LogP contribution in [0.1, 0.15) is 24.2 Å². The van der Waals surface area contributed by atoms with Crippen molar-refractivity contribution in [3.63, 3.8) is 0 Å². The number of hydrogen-bond donors (Lipinski definition) is 1. The fourth-order valence-corrected chi connectivity index (χ4v) is 3.58. The van der Waals surface area contributed by atoms with Crippen LogP contribution in [0.25, 0.3) is 10.2 Å². The van der Waals surface area contributed by atoms with Gasteiger partial charge in [0.25, 0.3) is 0 Å². The van der Waals surface area contributed by atoms with Gasteiger partial charge < -0.3 is 0 Å². The number of imidazole rings is 1. The third-order valence-electron chi connectivity index (χ3n) is 3.76. The summed E-state index contributed by atoms with van der Waals surface area (Å²) in [5.74, 6) is 0. The van der Waals surface area contributed by atoms with Crippen molar-refractivity contribution in [2.24, 2.45) is 0 Å². The Morgan fingerprint density at radius 2 is 2.10 bits per heavy atom. The summed E-state index contributed by atoms with van der Waals surface area (Å²) in [5.41, 5.74) is 3.01. The molecule has 0 saturated carbocycles. The fraction of sp³-hybridized carbons (Fsp3) is 0.267. The van der Waals surface area contributed by atoms with Gasteiger partial charge in [-0.3, -0.25) is 9.88 Å². The van der Waals surface area contributed by atoms with Crippen LogP contribution in [0.4, 0.5) is 9.93 Å². The van der Waals surface area contributed by atoms with Crippen molar-refractivity contribution in [3.8, 4) is 0 Å². The highest BCUT2D eigenvalue weighted by Gasteiger charge is 2.19. The molecule has 1 aromatic carbocycles. The Labute approximate surface area is 125 Å². The molecule has 0 atom stereocenters. The molecule has 6 heteroatoms. The zero-order valence-corrected chi connectivity index (χ0v) is 12.2. The molecule has 1 amide bonds. The molecule has 3 aromatic rings. The summed E-state index contributed by atoms with van der Waals surface area (Å²) in [7, 11) is 0. The second-order valence-electron chi connectivity index (χ2n) is 5.13. The van der Waals surface area contributed by atoms with Gasteiger partial charge in [-0.1, -0.05) is 23.5 Å². The maximum Gasteiger partial charge on any atom is 0.333 e. The topological polar surface area (TPSA) is 59.8 Å². The lowest BCUT2D eigenvalue weighted by Gasteiger charge is -2.12. The highest BCUT2D eigenvalue weighted by molar-refractivity contribution is 7.22. The monoisotopic (exact) mass is 298 g/mol. The first kappa shape index (κ1) is 12.5. The number of rotatable bonds is 1. The minimum absolute atomic E-state index is 0.176. The predicted octanol–water partition coefficient (Wildman–Crippen LogP) is 3.45.